The van der Waals surface area contributed by atoms with Crippen molar-refractivity contribution in [3.05, 3.63) is 29.3 Å². The van der Waals surface area contributed by atoms with Crippen molar-refractivity contribution in [3.63, 3.8) is 0 Å². The largest absolute Gasteiger partial charge is 0.467 e. The molecule has 0 aliphatic heterocycles. The molecule has 0 aliphatic carbocycles. The minimum absolute atomic E-state index is 0.0599. The quantitative estimate of drug-likeness (QED) is 0.598. The van der Waals surface area contributed by atoms with Gasteiger partial charge in [-0.1, -0.05) is 12.1 Å². The van der Waals surface area contributed by atoms with Gasteiger partial charge in [0.15, 0.2) is 6.79 Å². The van der Waals surface area contributed by atoms with Gasteiger partial charge < -0.3 is 15.2 Å². The first-order valence-corrected chi connectivity index (χ1v) is 5.21. The molecule has 0 amide bonds. The van der Waals surface area contributed by atoms with Gasteiger partial charge in [-0.3, -0.25) is 0 Å². The van der Waals surface area contributed by atoms with Crippen LogP contribution in [-0.4, -0.2) is 13.4 Å². The zero-order valence-corrected chi connectivity index (χ0v) is 9.62. The van der Waals surface area contributed by atoms with Crippen molar-refractivity contribution in [2.45, 2.75) is 26.8 Å². The average Bonchev–Trinajstić information content (AvgIpc) is 2.20. The van der Waals surface area contributed by atoms with Crippen LogP contribution in [0.15, 0.2) is 18.2 Å². The summed E-state index contributed by atoms with van der Waals surface area (Å²) in [6.45, 7) is 6.88. The van der Waals surface area contributed by atoms with E-state index < -0.39 is 0 Å². The monoisotopic (exact) mass is 209 g/mol. The van der Waals surface area contributed by atoms with E-state index in [2.05, 4.69) is 0 Å². The Morgan fingerprint density at radius 1 is 1.40 bits per heavy atom. The van der Waals surface area contributed by atoms with Crippen LogP contribution in [0, 0.1) is 6.92 Å². The molecule has 84 valence electrons. The van der Waals surface area contributed by atoms with Crippen molar-refractivity contribution in [3.8, 4) is 5.75 Å². The molecule has 0 saturated heterocycles. The first kappa shape index (κ1) is 12.0. The Bertz CT molecular complexity index is 310. The molecular formula is C12H19NO2. The van der Waals surface area contributed by atoms with Crippen molar-refractivity contribution in [1.82, 2.24) is 0 Å². The van der Waals surface area contributed by atoms with Gasteiger partial charge in [0, 0.05) is 12.6 Å². The van der Waals surface area contributed by atoms with E-state index in [1.54, 1.807) is 0 Å². The van der Waals surface area contributed by atoms with Gasteiger partial charge in [0.1, 0.15) is 5.75 Å². The van der Waals surface area contributed by atoms with Gasteiger partial charge in [0.05, 0.1) is 0 Å². The third-order valence-electron chi connectivity index (χ3n) is 2.23. The number of hydrogen-bond donors (Lipinski definition) is 1. The lowest BCUT2D eigenvalue weighted by atomic mass is 10.1. The summed E-state index contributed by atoms with van der Waals surface area (Å²) < 4.78 is 10.6. The first-order valence-electron chi connectivity index (χ1n) is 5.21. The highest BCUT2D eigenvalue weighted by atomic mass is 16.7. The van der Waals surface area contributed by atoms with E-state index in [0.717, 1.165) is 16.9 Å². The minimum atomic E-state index is 0.0599. The predicted molar refractivity (Wildman–Crippen MR) is 60.9 cm³/mol. The van der Waals surface area contributed by atoms with E-state index in [9.17, 15) is 0 Å². The zero-order valence-electron chi connectivity index (χ0n) is 9.62. The van der Waals surface area contributed by atoms with Crippen molar-refractivity contribution in [2.24, 2.45) is 5.73 Å². The van der Waals surface area contributed by atoms with Crippen LogP contribution >= 0.6 is 0 Å². The second-order valence-electron chi connectivity index (χ2n) is 3.57. The molecule has 0 bridgehead atoms. The molecule has 0 spiro atoms. The van der Waals surface area contributed by atoms with E-state index in [1.165, 1.54) is 0 Å². The number of hydrogen-bond acceptors (Lipinski definition) is 3. The fourth-order valence-electron chi connectivity index (χ4n) is 1.31. The van der Waals surface area contributed by atoms with Gasteiger partial charge in [-0.15, -0.1) is 0 Å². The van der Waals surface area contributed by atoms with Crippen LogP contribution in [0.4, 0.5) is 0 Å². The van der Waals surface area contributed by atoms with Gasteiger partial charge in [0.25, 0.3) is 0 Å². The highest BCUT2D eigenvalue weighted by Gasteiger charge is 2.03. The lowest BCUT2D eigenvalue weighted by Gasteiger charge is -2.11. The Balaban J connectivity index is 2.66. The lowest BCUT2D eigenvalue weighted by molar-refractivity contribution is 0.0220. The van der Waals surface area contributed by atoms with E-state index in [0.29, 0.717) is 13.4 Å². The maximum Gasteiger partial charge on any atom is 0.189 e. The Morgan fingerprint density at radius 2 is 2.13 bits per heavy atom. The van der Waals surface area contributed by atoms with E-state index in [4.69, 9.17) is 15.2 Å². The maximum absolute atomic E-state index is 5.79. The molecular weight excluding hydrogens is 190 g/mol. The molecule has 0 fully saturated rings. The molecule has 1 aromatic carbocycles. The van der Waals surface area contributed by atoms with Gasteiger partial charge in [-0.2, -0.15) is 0 Å². The van der Waals surface area contributed by atoms with Gasteiger partial charge in [0.2, 0.25) is 0 Å². The highest BCUT2D eigenvalue weighted by molar-refractivity contribution is 5.37. The summed E-state index contributed by atoms with van der Waals surface area (Å²) in [4.78, 5) is 0. The molecule has 3 heteroatoms. The minimum Gasteiger partial charge on any atom is -0.467 e. The smallest absolute Gasteiger partial charge is 0.189 e. The summed E-state index contributed by atoms with van der Waals surface area (Å²) in [6, 6.07) is 6.03. The number of benzene rings is 1. The average molecular weight is 209 g/mol. The Hall–Kier alpha value is -1.06. The van der Waals surface area contributed by atoms with E-state index in [1.807, 2.05) is 39.0 Å². The molecule has 1 aromatic rings. The molecule has 0 aliphatic rings. The third-order valence-corrected chi connectivity index (χ3v) is 2.23. The van der Waals surface area contributed by atoms with Gasteiger partial charge >= 0.3 is 0 Å². The summed E-state index contributed by atoms with van der Waals surface area (Å²) in [7, 11) is 0. The van der Waals surface area contributed by atoms with E-state index in [-0.39, 0.29) is 6.04 Å². The molecule has 1 rings (SSSR count). The third kappa shape index (κ3) is 3.53. The molecule has 0 radical (unpaired) electrons. The van der Waals surface area contributed by atoms with Crippen molar-refractivity contribution >= 4 is 0 Å². The van der Waals surface area contributed by atoms with Crippen molar-refractivity contribution < 1.29 is 9.47 Å². The molecule has 3 nitrogen and oxygen atoms in total. The SMILES string of the molecule is CCOCOc1ccc([C@H](C)N)cc1C. The standard InChI is InChI=1S/C12H19NO2/c1-4-14-8-15-12-6-5-11(10(3)13)7-9(12)2/h5-7,10H,4,8,13H2,1-3H3/t10-/m0/s1. The molecule has 0 aromatic heterocycles. The molecule has 2 N–H and O–H groups in total. The number of aryl methyl sites for hydroxylation is 1. The van der Waals surface area contributed by atoms with Gasteiger partial charge in [-0.25, -0.2) is 0 Å². The zero-order chi connectivity index (χ0) is 11.3. The normalized spacial score (nSPS) is 12.5. The van der Waals surface area contributed by atoms with Crippen LogP contribution in [0.3, 0.4) is 0 Å². The van der Waals surface area contributed by atoms with E-state index >= 15 is 0 Å². The Morgan fingerprint density at radius 3 is 2.67 bits per heavy atom. The summed E-state index contributed by atoms with van der Waals surface area (Å²) in [5, 5.41) is 0. The van der Waals surface area contributed by atoms with Crippen molar-refractivity contribution in [1.29, 1.82) is 0 Å². The molecule has 0 unspecified atom stereocenters. The summed E-state index contributed by atoms with van der Waals surface area (Å²) >= 11 is 0. The Labute approximate surface area is 91.2 Å². The van der Waals surface area contributed by atoms with Crippen LogP contribution in [0.2, 0.25) is 0 Å². The fraction of sp³-hybridized carbons (Fsp3) is 0.500. The Kier molecular flexibility index (Phi) is 4.59. The van der Waals surface area contributed by atoms with Crippen LogP contribution in [0.25, 0.3) is 0 Å². The number of rotatable bonds is 5. The first-order chi connectivity index (χ1) is 7.15. The maximum atomic E-state index is 5.79. The topological polar surface area (TPSA) is 44.5 Å². The van der Waals surface area contributed by atoms with Gasteiger partial charge in [-0.05, 0) is 38.0 Å². The second kappa shape index (κ2) is 5.73. The lowest BCUT2D eigenvalue weighted by Crippen LogP contribution is -2.07. The number of nitrogens with two attached hydrogens (primary N) is 1. The van der Waals surface area contributed by atoms with Crippen LogP contribution < -0.4 is 10.5 Å². The molecule has 15 heavy (non-hydrogen) atoms. The van der Waals surface area contributed by atoms with Crippen LogP contribution in [0.5, 0.6) is 5.75 Å². The fourth-order valence-corrected chi connectivity index (χ4v) is 1.31. The van der Waals surface area contributed by atoms with Crippen LogP contribution in [-0.2, 0) is 4.74 Å². The molecule has 0 heterocycles. The number of ether oxygens (including phenoxy) is 2. The summed E-state index contributed by atoms with van der Waals surface area (Å²) in [5.41, 5.74) is 8.00. The highest BCUT2D eigenvalue weighted by Crippen LogP contribution is 2.21. The second-order valence-corrected chi connectivity index (χ2v) is 3.57. The predicted octanol–water partition coefficient (Wildman–Crippen LogP) is 2.39. The van der Waals surface area contributed by atoms with Crippen molar-refractivity contribution in [2.75, 3.05) is 13.4 Å². The van der Waals surface area contributed by atoms with Crippen LogP contribution in [0.1, 0.15) is 31.0 Å². The molecule has 0 saturated carbocycles. The summed E-state index contributed by atoms with van der Waals surface area (Å²) in [5.74, 6) is 0.854. The molecule has 1 atom stereocenters. The summed E-state index contributed by atoms with van der Waals surface area (Å²) in [6.07, 6.45) is 0.